The highest BCUT2D eigenvalue weighted by Crippen LogP contribution is 2.14. The van der Waals surface area contributed by atoms with Gasteiger partial charge >= 0.3 is 0 Å². The SMILES string of the molecule is ClC(Br)Oc1[c]cccc1. The van der Waals surface area contributed by atoms with Gasteiger partial charge in [0, 0.05) is 6.07 Å². The van der Waals surface area contributed by atoms with Gasteiger partial charge < -0.3 is 4.74 Å². The number of rotatable bonds is 2. The minimum atomic E-state index is -0.480. The average Bonchev–Trinajstić information content (AvgIpc) is 1.88. The largest absolute Gasteiger partial charge is 0.464 e. The molecule has 0 N–H and O–H groups in total. The molecule has 1 nitrogen and oxygen atoms in total. The molecule has 1 radical (unpaired) electrons. The van der Waals surface area contributed by atoms with Gasteiger partial charge in [0.25, 0.3) is 0 Å². The van der Waals surface area contributed by atoms with Gasteiger partial charge in [-0.2, -0.15) is 0 Å². The molecule has 0 spiro atoms. The van der Waals surface area contributed by atoms with Crippen LogP contribution in [0, 0.1) is 6.07 Å². The van der Waals surface area contributed by atoms with E-state index in [-0.39, 0.29) is 0 Å². The molecule has 0 bridgehead atoms. The minimum absolute atomic E-state index is 0.480. The molecule has 0 aliphatic heterocycles. The van der Waals surface area contributed by atoms with Crippen molar-refractivity contribution >= 4 is 27.5 Å². The Morgan fingerprint density at radius 3 is 2.90 bits per heavy atom. The molecular formula is C7H5BrClO. The topological polar surface area (TPSA) is 9.23 Å². The van der Waals surface area contributed by atoms with Crippen molar-refractivity contribution in [2.75, 3.05) is 0 Å². The highest BCUT2D eigenvalue weighted by molar-refractivity contribution is 9.10. The summed E-state index contributed by atoms with van der Waals surface area (Å²) < 4.78 is 4.56. The summed E-state index contributed by atoms with van der Waals surface area (Å²) >= 11 is 8.52. The van der Waals surface area contributed by atoms with E-state index in [1.54, 1.807) is 12.1 Å². The van der Waals surface area contributed by atoms with Crippen LogP contribution in [0.4, 0.5) is 0 Å². The first-order valence-electron chi connectivity index (χ1n) is 2.70. The van der Waals surface area contributed by atoms with E-state index in [0.29, 0.717) is 5.75 Å². The summed E-state index contributed by atoms with van der Waals surface area (Å²) in [5.41, 5.74) is 0. The van der Waals surface area contributed by atoms with Crippen molar-refractivity contribution in [2.45, 2.75) is 4.47 Å². The lowest BCUT2D eigenvalue weighted by Crippen LogP contribution is -1.97. The van der Waals surface area contributed by atoms with E-state index in [2.05, 4.69) is 22.0 Å². The zero-order chi connectivity index (χ0) is 7.40. The predicted molar refractivity (Wildman–Crippen MR) is 44.5 cm³/mol. The van der Waals surface area contributed by atoms with Crippen LogP contribution in [0.15, 0.2) is 24.3 Å². The zero-order valence-corrected chi connectivity index (χ0v) is 7.39. The first kappa shape index (κ1) is 7.89. The molecule has 3 heteroatoms. The third-order valence-electron chi connectivity index (χ3n) is 0.897. The van der Waals surface area contributed by atoms with Crippen LogP contribution >= 0.6 is 27.5 Å². The molecule has 0 aromatic heterocycles. The second-order valence-corrected chi connectivity index (χ2v) is 3.36. The van der Waals surface area contributed by atoms with Gasteiger partial charge in [0.1, 0.15) is 5.75 Å². The lowest BCUT2D eigenvalue weighted by atomic mass is 10.3. The summed E-state index contributed by atoms with van der Waals surface area (Å²) in [5, 5.41) is 0. The van der Waals surface area contributed by atoms with Crippen LogP contribution in [0.25, 0.3) is 0 Å². The second kappa shape index (κ2) is 3.84. The number of hydrogen-bond acceptors (Lipinski definition) is 1. The van der Waals surface area contributed by atoms with Crippen LogP contribution in [-0.4, -0.2) is 4.47 Å². The number of alkyl halides is 2. The lowest BCUT2D eigenvalue weighted by molar-refractivity contribution is 0.365. The van der Waals surface area contributed by atoms with Crippen molar-refractivity contribution < 1.29 is 4.74 Å². The summed E-state index contributed by atoms with van der Waals surface area (Å²) in [7, 11) is 0. The summed E-state index contributed by atoms with van der Waals surface area (Å²) in [6.45, 7) is 0. The molecule has 0 fully saturated rings. The van der Waals surface area contributed by atoms with E-state index in [4.69, 9.17) is 16.3 Å². The fourth-order valence-corrected chi connectivity index (χ4v) is 0.843. The van der Waals surface area contributed by atoms with Crippen LogP contribution in [0.2, 0.25) is 0 Å². The molecule has 1 atom stereocenters. The summed E-state index contributed by atoms with van der Waals surface area (Å²) in [4.78, 5) is 0. The average molecular weight is 220 g/mol. The fourth-order valence-electron chi connectivity index (χ4n) is 0.546. The maximum absolute atomic E-state index is 5.49. The van der Waals surface area contributed by atoms with Crippen molar-refractivity contribution in [1.82, 2.24) is 0 Å². The van der Waals surface area contributed by atoms with Crippen molar-refractivity contribution in [3.05, 3.63) is 30.3 Å². The number of hydrogen-bond donors (Lipinski definition) is 0. The molecule has 0 saturated heterocycles. The molecular weight excluding hydrogens is 215 g/mol. The van der Waals surface area contributed by atoms with Gasteiger partial charge in [-0.1, -0.05) is 29.8 Å². The smallest absolute Gasteiger partial charge is 0.227 e. The van der Waals surface area contributed by atoms with E-state index >= 15 is 0 Å². The van der Waals surface area contributed by atoms with E-state index in [0.717, 1.165) is 0 Å². The number of ether oxygens (including phenoxy) is 1. The molecule has 0 heterocycles. The van der Waals surface area contributed by atoms with Gasteiger partial charge in [-0.15, -0.1) is 0 Å². The van der Waals surface area contributed by atoms with Crippen LogP contribution < -0.4 is 4.74 Å². The molecule has 1 aromatic rings. The predicted octanol–water partition coefficient (Wildman–Crippen LogP) is 2.78. The molecule has 0 amide bonds. The fraction of sp³-hybridized carbons (Fsp3) is 0.143. The van der Waals surface area contributed by atoms with E-state index in [9.17, 15) is 0 Å². The van der Waals surface area contributed by atoms with E-state index in [1.165, 1.54) is 0 Å². The Morgan fingerprint density at radius 1 is 1.60 bits per heavy atom. The molecule has 0 aliphatic carbocycles. The third kappa shape index (κ3) is 2.58. The first-order valence-corrected chi connectivity index (χ1v) is 4.06. The quantitative estimate of drug-likeness (QED) is 0.697. The molecule has 0 saturated carbocycles. The number of benzene rings is 1. The van der Waals surface area contributed by atoms with Gasteiger partial charge in [-0.05, 0) is 22.0 Å². The van der Waals surface area contributed by atoms with Crippen LogP contribution in [0.3, 0.4) is 0 Å². The van der Waals surface area contributed by atoms with Crippen LogP contribution in [0.5, 0.6) is 5.75 Å². The first-order chi connectivity index (χ1) is 4.79. The Morgan fingerprint density at radius 2 is 2.40 bits per heavy atom. The maximum Gasteiger partial charge on any atom is 0.227 e. The highest BCUT2D eigenvalue weighted by atomic mass is 79.9. The number of para-hydroxylation sites is 1. The highest BCUT2D eigenvalue weighted by Gasteiger charge is 1.97. The molecule has 10 heavy (non-hydrogen) atoms. The second-order valence-electron chi connectivity index (χ2n) is 1.61. The third-order valence-corrected chi connectivity index (χ3v) is 1.17. The van der Waals surface area contributed by atoms with Crippen LogP contribution in [-0.2, 0) is 0 Å². The Balaban J connectivity index is 2.59. The van der Waals surface area contributed by atoms with Gasteiger partial charge in [0.2, 0.25) is 4.47 Å². The van der Waals surface area contributed by atoms with E-state index < -0.39 is 4.47 Å². The maximum atomic E-state index is 5.49. The molecule has 1 aromatic carbocycles. The monoisotopic (exact) mass is 219 g/mol. The molecule has 1 unspecified atom stereocenters. The molecule has 1 rings (SSSR count). The normalized spacial score (nSPS) is 12.6. The van der Waals surface area contributed by atoms with Crippen molar-refractivity contribution in [3.8, 4) is 5.75 Å². The van der Waals surface area contributed by atoms with Crippen molar-refractivity contribution in [3.63, 3.8) is 0 Å². The van der Waals surface area contributed by atoms with Gasteiger partial charge in [-0.25, -0.2) is 0 Å². The standard InChI is InChI=1S/C7H5BrClO/c8-7(9)10-6-4-2-1-3-5-6/h1-4,7H. The Labute approximate surface area is 73.1 Å². The van der Waals surface area contributed by atoms with Gasteiger partial charge in [-0.3, -0.25) is 0 Å². The van der Waals surface area contributed by atoms with Gasteiger partial charge in [0.15, 0.2) is 0 Å². The number of halogens is 2. The minimum Gasteiger partial charge on any atom is -0.464 e. The van der Waals surface area contributed by atoms with E-state index in [1.807, 2.05) is 12.1 Å². The van der Waals surface area contributed by atoms with Gasteiger partial charge in [0.05, 0.1) is 0 Å². The van der Waals surface area contributed by atoms with Crippen molar-refractivity contribution in [1.29, 1.82) is 0 Å². The lowest BCUT2D eigenvalue weighted by Gasteiger charge is -2.03. The Hall–Kier alpha value is -0.210. The Kier molecular flexibility index (Phi) is 3.03. The van der Waals surface area contributed by atoms with Crippen LogP contribution in [0.1, 0.15) is 0 Å². The molecule has 0 aliphatic rings. The summed E-state index contributed by atoms with van der Waals surface area (Å²) in [6, 6.07) is 10.1. The Bertz CT molecular complexity index is 188. The zero-order valence-electron chi connectivity index (χ0n) is 5.05. The molecule has 53 valence electrons. The summed E-state index contributed by atoms with van der Waals surface area (Å²) in [5.74, 6) is 0.638. The summed E-state index contributed by atoms with van der Waals surface area (Å²) in [6.07, 6.45) is 0. The van der Waals surface area contributed by atoms with Crippen molar-refractivity contribution in [2.24, 2.45) is 0 Å².